The first kappa shape index (κ1) is 9.31. The number of rotatable bonds is 1. The van der Waals surface area contributed by atoms with Gasteiger partial charge in [0.05, 0.1) is 13.0 Å². The number of esters is 1. The molecule has 3 nitrogen and oxygen atoms in total. The summed E-state index contributed by atoms with van der Waals surface area (Å²) in [7, 11) is 1.02. The molecule has 12 heavy (non-hydrogen) atoms. The minimum Gasteiger partial charge on any atom is -0.468 e. The first-order chi connectivity index (χ1) is 5.32. The van der Waals surface area contributed by atoms with Crippen molar-refractivity contribution in [3.8, 4) is 0 Å². The molecule has 0 aromatic heterocycles. The summed E-state index contributed by atoms with van der Waals surface area (Å²) < 4.78 is 40.0. The summed E-state index contributed by atoms with van der Waals surface area (Å²) in [5.74, 6) is -2.73. The summed E-state index contributed by atoms with van der Waals surface area (Å²) in [5, 5.41) is 0. The van der Waals surface area contributed by atoms with Crippen molar-refractivity contribution >= 4 is 5.97 Å². The highest BCUT2D eigenvalue weighted by Crippen LogP contribution is 2.52. The molecule has 2 N–H and O–H groups in total. The predicted molar refractivity (Wildman–Crippen MR) is 33.1 cm³/mol. The number of carbonyl (C=O) groups is 1. The van der Waals surface area contributed by atoms with Crippen LogP contribution in [0.15, 0.2) is 0 Å². The number of hydrogen-bond acceptors (Lipinski definition) is 3. The molecule has 70 valence electrons. The van der Waals surface area contributed by atoms with Gasteiger partial charge in [0, 0.05) is 0 Å². The van der Waals surface area contributed by atoms with Crippen molar-refractivity contribution in [3.63, 3.8) is 0 Å². The van der Waals surface area contributed by atoms with E-state index in [1.165, 1.54) is 0 Å². The van der Waals surface area contributed by atoms with Gasteiger partial charge in [0.25, 0.3) is 0 Å². The molecule has 0 radical (unpaired) electrons. The van der Waals surface area contributed by atoms with Crippen molar-refractivity contribution < 1.29 is 22.7 Å². The lowest BCUT2D eigenvalue weighted by molar-refractivity contribution is -0.163. The lowest BCUT2D eigenvalue weighted by atomic mass is 10.2. The SMILES string of the molecule is COC(=O)[C@]1(N)C[C@@H]1C(F)(F)F. The summed E-state index contributed by atoms with van der Waals surface area (Å²) >= 11 is 0. The molecule has 6 heteroatoms. The summed E-state index contributed by atoms with van der Waals surface area (Å²) in [6.45, 7) is 0. The molecule has 0 bridgehead atoms. The van der Waals surface area contributed by atoms with Crippen LogP contribution in [-0.2, 0) is 9.53 Å². The monoisotopic (exact) mass is 183 g/mol. The summed E-state index contributed by atoms with van der Waals surface area (Å²) in [6.07, 6.45) is -4.77. The minimum absolute atomic E-state index is 0.372. The molecule has 1 fully saturated rings. The Morgan fingerprint density at radius 2 is 2.17 bits per heavy atom. The molecule has 0 amide bonds. The van der Waals surface area contributed by atoms with E-state index in [1.54, 1.807) is 0 Å². The van der Waals surface area contributed by atoms with E-state index in [-0.39, 0.29) is 6.42 Å². The Labute approximate surface area is 66.7 Å². The smallest absolute Gasteiger partial charge is 0.394 e. The molecule has 0 spiro atoms. The second-order valence-electron chi connectivity index (χ2n) is 2.83. The van der Waals surface area contributed by atoms with Crippen LogP contribution in [-0.4, -0.2) is 24.8 Å². The molecule has 0 saturated heterocycles. The fraction of sp³-hybridized carbons (Fsp3) is 0.833. The van der Waals surface area contributed by atoms with Crippen molar-refractivity contribution in [2.45, 2.75) is 18.1 Å². The van der Waals surface area contributed by atoms with Gasteiger partial charge in [-0.1, -0.05) is 0 Å². The van der Waals surface area contributed by atoms with Gasteiger partial charge in [-0.2, -0.15) is 13.2 Å². The summed E-state index contributed by atoms with van der Waals surface area (Å²) in [5.41, 5.74) is 3.31. The lowest BCUT2D eigenvalue weighted by Crippen LogP contribution is -2.39. The van der Waals surface area contributed by atoms with Gasteiger partial charge >= 0.3 is 12.1 Å². The van der Waals surface area contributed by atoms with Crippen molar-refractivity contribution in [2.75, 3.05) is 7.11 Å². The lowest BCUT2D eigenvalue weighted by Gasteiger charge is -2.10. The molecule has 1 aliphatic carbocycles. The van der Waals surface area contributed by atoms with Gasteiger partial charge in [-0.15, -0.1) is 0 Å². The van der Waals surface area contributed by atoms with Gasteiger partial charge in [-0.25, -0.2) is 0 Å². The first-order valence-corrected chi connectivity index (χ1v) is 3.26. The number of nitrogens with two attached hydrogens (primary N) is 1. The maximum Gasteiger partial charge on any atom is 0.394 e. The number of carbonyl (C=O) groups excluding carboxylic acids is 1. The Balaban J connectivity index is 2.66. The molecular weight excluding hydrogens is 175 g/mol. The summed E-state index contributed by atoms with van der Waals surface area (Å²) in [6, 6.07) is 0. The van der Waals surface area contributed by atoms with Gasteiger partial charge in [-0.3, -0.25) is 4.79 Å². The van der Waals surface area contributed by atoms with E-state index in [9.17, 15) is 18.0 Å². The Morgan fingerprint density at radius 3 is 2.42 bits per heavy atom. The molecule has 1 rings (SSSR count). The van der Waals surface area contributed by atoms with E-state index in [2.05, 4.69) is 4.74 Å². The number of methoxy groups -OCH3 is 1. The van der Waals surface area contributed by atoms with Crippen LogP contribution >= 0.6 is 0 Å². The van der Waals surface area contributed by atoms with Crippen LogP contribution in [0.4, 0.5) is 13.2 Å². The Hall–Kier alpha value is -0.780. The fourth-order valence-corrected chi connectivity index (χ4v) is 1.10. The largest absolute Gasteiger partial charge is 0.468 e. The fourth-order valence-electron chi connectivity index (χ4n) is 1.10. The van der Waals surface area contributed by atoms with E-state index in [0.717, 1.165) is 7.11 Å². The van der Waals surface area contributed by atoms with Crippen LogP contribution < -0.4 is 5.73 Å². The standard InChI is InChI=1S/C6H8F3NO2/c1-12-4(11)5(10)2-3(5)6(7,8)9/h3H,2,10H2,1H3/t3-,5-/m0/s1. The van der Waals surface area contributed by atoms with E-state index in [4.69, 9.17) is 5.73 Å². The third-order valence-electron chi connectivity index (χ3n) is 1.96. The molecule has 0 aromatic rings. The van der Waals surface area contributed by atoms with Crippen LogP contribution in [0.2, 0.25) is 0 Å². The zero-order valence-electron chi connectivity index (χ0n) is 6.31. The Kier molecular flexibility index (Phi) is 1.82. The van der Waals surface area contributed by atoms with Crippen molar-refractivity contribution in [2.24, 2.45) is 11.7 Å². The van der Waals surface area contributed by atoms with Gasteiger partial charge in [0.2, 0.25) is 0 Å². The number of alkyl halides is 3. The average molecular weight is 183 g/mol. The average Bonchev–Trinajstić information content (AvgIpc) is 2.61. The molecule has 0 aliphatic heterocycles. The Bertz CT molecular complexity index is 215. The summed E-state index contributed by atoms with van der Waals surface area (Å²) in [4.78, 5) is 10.7. The van der Waals surface area contributed by atoms with Crippen molar-refractivity contribution in [1.82, 2.24) is 0 Å². The van der Waals surface area contributed by atoms with Crippen LogP contribution in [0, 0.1) is 5.92 Å². The van der Waals surface area contributed by atoms with Crippen LogP contribution in [0.3, 0.4) is 0 Å². The molecule has 0 heterocycles. The third-order valence-corrected chi connectivity index (χ3v) is 1.96. The van der Waals surface area contributed by atoms with Crippen molar-refractivity contribution in [1.29, 1.82) is 0 Å². The normalized spacial score (nSPS) is 34.6. The van der Waals surface area contributed by atoms with Gasteiger partial charge in [0.15, 0.2) is 0 Å². The van der Waals surface area contributed by atoms with E-state index < -0.39 is 23.6 Å². The second kappa shape index (κ2) is 2.35. The highest BCUT2D eigenvalue weighted by molar-refractivity contribution is 5.84. The highest BCUT2D eigenvalue weighted by Gasteiger charge is 2.69. The van der Waals surface area contributed by atoms with E-state index >= 15 is 0 Å². The van der Waals surface area contributed by atoms with Crippen LogP contribution in [0.1, 0.15) is 6.42 Å². The zero-order valence-corrected chi connectivity index (χ0v) is 6.31. The van der Waals surface area contributed by atoms with Gasteiger partial charge in [0.1, 0.15) is 5.54 Å². The number of halogens is 3. The number of hydrogen-bond donors (Lipinski definition) is 1. The van der Waals surface area contributed by atoms with Crippen LogP contribution in [0.5, 0.6) is 0 Å². The number of ether oxygens (including phenoxy) is 1. The second-order valence-corrected chi connectivity index (χ2v) is 2.83. The molecule has 0 aromatic carbocycles. The van der Waals surface area contributed by atoms with Gasteiger partial charge < -0.3 is 10.5 Å². The zero-order chi connectivity index (χ0) is 9.57. The molecular formula is C6H8F3NO2. The van der Waals surface area contributed by atoms with Crippen molar-refractivity contribution in [3.05, 3.63) is 0 Å². The predicted octanol–water partition coefficient (Wildman–Crippen LogP) is 0.439. The van der Waals surface area contributed by atoms with Crippen LogP contribution in [0.25, 0.3) is 0 Å². The molecule has 1 aliphatic rings. The maximum absolute atomic E-state index is 11.9. The van der Waals surface area contributed by atoms with E-state index in [1.807, 2.05) is 0 Å². The third kappa shape index (κ3) is 1.26. The quantitative estimate of drug-likeness (QED) is 0.600. The minimum atomic E-state index is -4.40. The van der Waals surface area contributed by atoms with Gasteiger partial charge in [-0.05, 0) is 6.42 Å². The van der Waals surface area contributed by atoms with E-state index in [0.29, 0.717) is 0 Å². The topological polar surface area (TPSA) is 52.3 Å². The molecule has 2 atom stereocenters. The molecule has 0 unspecified atom stereocenters. The Morgan fingerprint density at radius 1 is 1.67 bits per heavy atom. The molecule has 1 saturated carbocycles. The maximum atomic E-state index is 11.9. The highest BCUT2D eigenvalue weighted by atomic mass is 19.4. The first-order valence-electron chi connectivity index (χ1n) is 3.26.